The van der Waals surface area contributed by atoms with Crippen molar-refractivity contribution in [1.82, 2.24) is 0 Å². The Morgan fingerprint density at radius 1 is 0.806 bits per heavy atom. The Bertz CT molecular complexity index is 962. The molecule has 0 unspecified atom stereocenters. The molecule has 4 nitrogen and oxygen atoms in total. The SMILES string of the molecule is CC[C@H](C)c1ccccc1NC(=O)[C@@H](C)OC(=O)C(c1ccccc1)c1ccccc1. The van der Waals surface area contributed by atoms with Gasteiger partial charge in [-0.2, -0.15) is 0 Å². The standard InChI is InChI=1S/C27H29NO3/c1-4-19(2)23-17-11-12-18-24(23)28-26(29)20(3)31-27(30)25(21-13-7-5-8-14-21)22-15-9-6-10-16-22/h5-20,25H,4H2,1-3H3,(H,28,29)/t19-,20+/m0/s1. The normalized spacial score (nSPS) is 12.8. The summed E-state index contributed by atoms with van der Waals surface area (Å²) in [6.45, 7) is 5.84. The van der Waals surface area contributed by atoms with Gasteiger partial charge in [0.2, 0.25) is 0 Å². The number of carbonyl (C=O) groups excluding carboxylic acids is 2. The highest BCUT2D eigenvalue weighted by atomic mass is 16.5. The van der Waals surface area contributed by atoms with Crippen molar-refractivity contribution < 1.29 is 14.3 Å². The van der Waals surface area contributed by atoms with E-state index in [9.17, 15) is 9.59 Å². The second-order valence-electron chi connectivity index (χ2n) is 7.72. The first-order chi connectivity index (χ1) is 15.0. The Labute approximate surface area is 184 Å². The predicted molar refractivity (Wildman–Crippen MR) is 124 cm³/mol. The van der Waals surface area contributed by atoms with Crippen molar-refractivity contribution in [3.8, 4) is 0 Å². The van der Waals surface area contributed by atoms with Crippen LogP contribution in [0.5, 0.6) is 0 Å². The lowest BCUT2D eigenvalue weighted by atomic mass is 9.91. The van der Waals surface area contributed by atoms with E-state index >= 15 is 0 Å². The molecule has 0 saturated carbocycles. The van der Waals surface area contributed by atoms with Crippen molar-refractivity contribution in [2.45, 2.75) is 45.1 Å². The van der Waals surface area contributed by atoms with Gasteiger partial charge in [0.25, 0.3) is 5.91 Å². The lowest BCUT2D eigenvalue weighted by Crippen LogP contribution is -2.32. The number of benzene rings is 3. The maximum Gasteiger partial charge on any atom is 0.318 e. The predicted octanol–water partition coefficient (Wildman–Crippen LogP) is 5.90. The first kappa shape index (κ1) is 22.3. The van der Waals surface area contributed by atoms with Crippen LogP contribution in [-0.4, -0.2) is 18.0 Å². The molecule has 0 bridgehead atoms. The maximum atomic E-state index is 13.1. The highest BCUT2D eigenvalue weighted by molar-refractivity contribution is 5.96. The molecule has 0 heterocycles. The fraction of sp³-hybridized carbons (Fsp3) is 0.259. The van der Waals surface area contributed by atoms with Crippen LogP contribution in [-0.2, 0) is 14.3 Å². The van der Waals surface area contributed by atoms with E-state index in [-0.39, 0.29) is 5.91 Å². The molecule has 1 N–H and O–H groups in total. The molecule has 4 heteroatoms. The fourth-order valence-corrected chi connectivity index (χ4v) is 3.55. The van der Waals surface area contributed by atoms with Gasteiger partial charge >= 0.3 is 5.97 Å². The Morgan fingerprint density at radius 3 is 1.87 bits per heavy atom. The quantitative estimate of drug-likeness (QED) is 0.466. The smallest absolute Gasteiger partial charge is 0.318 e. The van der Waals surface area contributed by atoms with Crippen LogP contribution in [0.2, 0.25) is 0 Å². The third-order valence-corrected chi connectivity index (χ3v) is 5.53. The summed E-state index contributed by atoms with van der Waals surface area (Å²) in [5.41, 5.74) is 3.48. The third kappa shape index (κ3) is 5.60. The van der Waals surface area contributed by atoms with Crippen molar-refractivity contribution in [1.29, 1.82) is 0 Å². The summed E-state index contributed by atoms with van der Waals surface area (Å²) in [5, 5.41) is 2.93. The van der Waals surface area contributed by atoms with Crippen LogP contribution in [0.3, 0.4) is 0 Å². The van der Waals surface area contributed by atoms with Crippen LogP contribution in [0.15, 0.2) is 84.9 Å². The number of carbonyl (C=O) groups is 2. The number of nitrogens with one attached hydrogen (secondary N) is 1. The molecular formula is C27H29NO3. The zero-order chi connectivity index (χ0) is 22.2. The van der Waals surface area contributed by atoms with Gasteiger partial charge in [0.05, 0.1) is 0 Å². The first-order valence-corrected chi connectivity index (χ1v) is 10.7. The summed E-state index contributed by atoms with van der Waals surface area (Å²) in [5.74, 6) is -1.07. The topological polar surface area (TPSA) is 55.4 Å². The highest BCUT2D eigenvalue weighted by Gasteiger charge is 2.28. The summed E-state index contributed by atoms with van der Waals surface area (Å²) < 4.78 is 5.63. The van der Waals surface area contributed by atoms with Crippen LogP contribution in [0, 0.1) is 0 Å². The third-order valence-electron chi connectivity index (χ3n) is 5.53. The zero-order valence-corrected chi connectivity index (χ0v) is 18.2. The summed E-state index contributed by atoms with van der Waals surface area (Å²) in [7, 11) is 0. The van der Waals surface area contributed by atoms with E-state index in [0.717, 1.165) is 28.8 Å². The first-order valence-electron chi connectivity index (χ1n) is 10.7. The van der Waals surface area contributed by atoms with Crippen LogP contribution < -0.4 is 5.32 Å². The van der Waals surface area contributed by atoms with E-state index in [0.29, 0.717) is 5.92 Å². The molecule has 0 spiro atoms. The van der Waals surface area contributed by atoms with E-state index in [1.807, 2.05) is 84.9 Å². The average Bonchev–Trinajstić information content (AvgIpc) is 2.80. The molecule has 1 amide bonds. The number of ether oxygens (including phenoxy) is 1. The number of rotatable bonds is 8. The number of anilines is 1. The Balaban J connectivity index is 1.76. The minimum atomic E-state index is -0.924. The molecule has 0 aromatic heterocycles. The summed E-state index contributed by atoms with van der Waals surface area (Å²) in [6, 6.07) is 26.7. The largest absolute Gasteiger partial charge is 0.452 e. The zero-order valence-electron chi connectivity index (χ0n) is 18.2. The molecule has 0 fully saturated rings. The second kappa shape index (κ2) is 10.6. The molecule has 0 aliphatic heterocycles. The Kier molecular flexibility index (Phi) is 7.60. The van der Waals surface area contributed by atoms with Gasteiger partial charge in [-0.1, -0.05) is 92.7 Å². The molecule has 0 radical (unpaired) electrons. The molecule has 3 rings (SSSR count). The molecule has 3 aromatic rings. The molecule has 3 aromatic carbocycles. The van der Waals surface area contributed by atoms with Gasteiger partial charge in [-0.3, -0.25) is 9.59 Å². The van der Waals surface area contributed by atoms with Gasteiger partial charge in [0.1, 0.15) is 5.92 Å². The van der Waals surface area contributed by atoms with Crippen molar-refractivity contribution in [3.05, 3.63) is 102 Å². The molecule has 160 valence electrons. The van der Waals surface area contributed by atoms with E-state index in [4.69, 9.17) is 4.74 Å². The molecule has 0 aliphatic carbocycles. The van der Waals surface area contributed by atoms with Crippen molar-refractivity contribution in [2.24, 2.45) is 0 Å². The maximum absolute atomic E-state index is 13.1. The van der Waals surface area contributed by atoms with E-state index in [2.05, 4.69) is 19.2 Å². The summed E-state index contributed by atoms with van der Waals surface area (Å²) in [6.07, 6.45) is 0.0418. The number of esters is 1. The minimum absolute atomic E-state index is 0.315. The molecule has 31 heavy (non-hydrogen) atoms. The van der Waals surface area contributed by atoms with Crippen LogP contribution in [0.4, 0.5) is 5.69 Å². The number of hydrogen-bond acceptors (Lipinski definition) is 3. The Hall–Kier alpha value is -3.40. The lowest BCUT2D eigenvalue weighted by Gasteiger charge is -2.21. The highest BCUT2D eigenvalue weighted by Crippen LogP contribution is 2.28. The summed E-state index contributed by atoms with van der Waals surface area (Å²) >= 11 is 0. The van der Waals surface area contributed by atoms with Crippen LogP contribution in [0.1, 0.15) is 55.7 Å². The summed E-state index contributed by atoms with van der Waals surface area (Å²) in [4.78, 5) is 25.9. The fourth-order valence-electron chi connectivity index (χ4n) is 3.55. The lowest BCUT2D eigenvalue weighted by molar-refractivity contribution is -0.153. The molecule has 0 aliphatic rings. The van der Waals surface area contributed by atoms with Crippen molar-refractivity contribution in [2.75, 3.05) is 5.32 Å². The second-order valence-corrected chi connectivity index (χ2v) is 7.72. The molecular weight excluding hydrogens is 386 g/mol. The van der Waals surface area contributed by atoms with E-state index in [1.165, 1.54) is 0 Å². The molecule has 2 atom stereocenters. The van der Waals surface area contributed by atoms with Crippen LogP contribution >= 0.6 is 0 Å². The van der Waals surface area contributed by atoms with Gasteiger partial charge < -0.3 is 10.1 Å². The average molecular weight is 416 g/mol. The van der Waals surface area contributed by atoms with Gasteiger partial charge in [0, 0.05) is 5.69 Å². The van der Waals surface area contributed by atoms with Crippen molar-refractivity contribution >= 4 is 17.6 Å². The monoisotopic (exact) mass is 415 g/mol. The van der Waals surface area contributed by atoms with Gasteiger partial charge in [0.15, 0.2) is 6.10 Å². The van der Waals surface area contributed by atoms with Crippen LogP contribution in [0.25, 0.3) is 0 Å². The molecule has 0 saturated heterocycles. The van der Waals surface area contributed by atoms with Gasteiger partial charge in [-0.05, 0) is 42.0 Å². The van der Waals surface area contributed by atoms with Crippen molar-refractivity contribution in [3.63, 3.8) is 0 Å². The van der Waals surface area contributed by atoms with E-state index < -0.39 is 18.0 Å². The number of para-hydroxylation sites is 1. The minimum Gasteiger partial charge on any atom is -0.452 e. The van der Waals surface area contributed by atoms with E-state index in [1.54, 1.807) is 6.92 Å². The Morgan fingerprint density at radius 2 is 1.32 bits per heavy atom. The number of hydrogen-bond donors (Lipinski definition) is 1. The van der Waals surface area contributed by atoms with Gasteiger partial charge in [-0.15, -0.1) is 0 Å². The van der Waals surface area contributed by atoms with Gasteiger partial charge in [-0.25, -0.2) is 0 Å². The number of amides is 1.